The molecular weight excluding hydrogens is 206 g/mol. The van der Waals surface area contributed by atoms with Crippen molar-refractivity contribution < 1.29 is 0 Å². The fraction of sp³-hybridized carbons (Fsp3) is 0.818. The van der Waals surface area contributed by atoms with Crippen molar-refractivity contribution in [2.75, 3.05) is 0 Å². The van der Waals surface area contributed by atoms with E-state index in [-0.39, 0.29) is 5.54 Å². The fourth-order valence-electron chi connectivity index (χ4n) is 2.10. The van der Waals surface area contributed by atoms with Gasteiger partial charge in [-0.15, -0.1) is 0 Å². The molecule has 15 heavy (non-hydrogen) atoms. The smallest absolute Gasteiger partial charge is 0.195 e. The molecule has 0 amide bonds. The van der Waals surface area contributed by atoms with Crippen molar-refractivity contribution >= 4 is 12.2 Å². The fourth-order valence-corrected chi connectivity index (χ4v) is 2.51. The van der Waals surface area contributed by atoms with Crippen molar-refractivity contribution in [3.63, 3.8) is 0 Å². The number of aromatic nitrogens is 3. The van der Waals surface area contributed by atoms with E-state index in [4.69, 9.17) is 12.2 Å². The lowest BCUT2D eigenvalue weighted by atomic mass is 10.1. The molecule has 1 aliphatic rings. The molecule has 0 bridgehead atoms. The van der Waals surface area contributed by atoms with E-state index >= 15 is 0 Å². The van der Waals surface area contributed by atoms with Crippen LogP contribution in [0.2, 0.25) is 0 Å². The van der Waals surface area contributed by atoms with Crippen LogP contribution in [-0.4, -0.2) is 14.8 Å². The molecule has 1 aliphatic carbocycles. The van der Waals surface area contributed by atoms with Crippen LogP contribution in [-0.2, 0) is 5.54 Å². The summed E-state index contributed by atoms with van der Waals surface area (Å²) in [5.41, 5.74) is 0.405. The maximum atomic E-state index is 5.29. The summed E-state index contributed by atoms with van der Waals surface area (Å²) in [4.78, 5) is 0. The van der Waals surface area contributed by atoms with E-state index in [0.29, 0.717) is 11.3 Å². The molecule has 0 radical (unpaired) electrons. The zero-order valence-electron chi connectivity index (χ0n) is 10.1. The zero-order chi connectivity index (χ0) is 11.4. The molecule has 0 aromatic carbocycles. The number of hydrogen-bond acceptors (Lipinski definition) is 2. The summed E-state index contributed by atoms with van der Waals surface area (Å²) in [6.45, 7) is 11.1. The molecule has 4 heteroatoms. The van der Waals surface area contributed by atoms with Gasteiger partial charge in [0.25, 0.3) is 0 Å². The number of nitrogens with zero attached hydrogens (tertiary/aromatic N) is 2. The summed E-state index contributed by atoms with van der Waals surface area (Å²) in [7, 11) is 0. The summed E-state index contributed by atoms with van der Waals surface area (Å²) in [6.07, 6.45) is 1.21. The first-order valence-electron chi connectivity index (χ1n) is 5.41. The van der Waals surface area contributed by atoms with E-state index in [1.54, 1.807) is 0 Å². The minimum atomic E-state index is 0.0120. The van der Waals surface area contributed by atoms with Crippen LogP contribution >= 0.6 is 12.2 Å². The summed E-state index contributed by atoms with van der Waals surface area (Å²) in [6, 6.07) is 0. The Hall–Kier alpha value is -0.640. The third-order valence-electron chi connectivity index (χ3n) is 3.19. The van der Waals surface area contributed by atoms with Gasteiger partial charge in [0.05, 0.1) is 0 Å². The molecule has 1 atom stereocenters. The topological polar surface area (TPSA) is 33.6 Å². The Labute approximate surface area is 95.9 Å². The van der Waals surface area contributed by atoms with Crippen molar-refractivity contribution in [2.45, 2.75) is 52.5 Å². The second-order valence-corrected chi connectivity index (χ2v) is 6.53. The molecule has 0 aliphatic heterocycles. The molecule has 1 saturated carbocycles. The minimum Gasteiger partial charge on any atom is -0.299 e. The molecule has 1 heterocycles. The third kappa shape index (κ3) is 1.75. The lowest BCUT2D eigenvalue weighted by molar-refractivity contribution is 0.373. The first-order chi connectivity index (χ1) is 6.73. The summed E-state index contributed by atoms with van der Waals surface area (Å²) >= 11 is 5.29. The molecule has 3 nitrogen and oxygen atoms in total. The molecule has 1 fully saturated rings. The largest absolute Gasteiger partial charge is 0.299 e. The van der Waals surface area contributed by atoms with Gasteiger partial charge in [-0.2, -0.15) is 5.10 Å². The van der Waals surface area contributed by atoms with Crippen LogP contribution in [0.5, 0.6) is 0 Å². The maximum Gasteiger partial charge on any atom is 0.195 e. The van der Waals surface area contributed by atoms with Crippen LogP contribution in [0.15, 0.2) is 0 Å². The Balaban J connectivity index is 2.47. The van der Waals surface area contributed by atoms with Crippen molar-refractivity contribution in [1.82, 2.24) is 14.8 Å². The van der Waals surface area contributed by atoms with E-state index in [1.807, 2.05) is 0 Å². The lowest BCUT2D eigenvalue weighted by Gasteiger charge is -2.23. The van der Waals surface area contributed by atoms with Gasteiger partial charge < -0.3 is 0 Å². The molecule has 1 aromatic heterocycles. The van der Waals surface area contributed by atoms with Gasteiger partial charge in [-0.1, -0.05) is 13.8 Å². The number of nitrogens with one attached hydrogen (secondary N) is 1. The van der Waals surface area contributed by atoms with E-state index in [9.17, 15) is 0 Å². The number of H-pyrrole nitrogens is 1. The Morgan fingerprint density at radius 1 is 1.47 bits per heavy atom. The summed E-state index contributed by atoms with van der Waals surface area (Å²) < 4.78 is 2.89. The number of aromatic amines is 1. The molecular formula is C11H19N3S. The second-order valence-electron chi connectivity index (χ2n) is 6.14. The van der Waals surface area contributed by atoms with E-state index in [0.717, 1.165) is 10.6 Å². The first kappa shape index (κ1) is 10.9. The predicted molar refractivity (Wildman–Crippen MR) is 63.5 cm³/mol. The van der Waals surface area contributed by atoms with Crippen LogP contribution in [0.4, 0.5) is 0 Å². The maximum absolute atomic E-state index is 5.29. The first-order valence-corrected chi connectivity index (χ1v) is 5.82. The highest BCUT2D eigenvalue weighted by Gasteiger charge is 2.50. The van der Waals surface area contributed by atoms with Crippen molar-refractivity contribution in [3.05, 3.63) is 10.6 Å². The monoisotopic (exact) mass is 225 g/mol. The average molecular weight is 225 g/mol. The third-order valence-corrected chi connectivity index (χ3v) is 3.47. The molecule has 2 rings (SSSR count). The summed E-state index contributed by atoms with van der Waals surface area (Å²) in [5.74, 6) is 1.68. The normalized spacial score (nSPS) is 24.2. The second kappa shape index (κ2) is 2.94. The van der Waals surface area contributed by atoms with Gasteiger partial charge in [-0.25, -0.2) is 0 Å². The predicted octanol–water partition coefficient (Wildman–Crippen LogP) is 3.21. The number of hydrogen-bond donors (Lipinski definition) is 1. The standard InChI is InChI=1S/C11H19N3S/c1-10(2,3)14-8(12-13-9(14)15)7-6-11(7,4)5/h7H,6H2,1-5H3,(H,13,15). The van der Waals surface area contributed by atoms with E-state index in [1.165, 1.54) is 6.42 Å². The van der Waals surface area contributed by atoms with Gasteiger partial charge >= 0.3 is 0 Å². The van der Waals surface area contributed by atoms with Gasteiger partial charge in [0.15, 0.2) is 4.77 Å². The van der Waals surface area contributed by atoms with Gasteiger partial charge in [0.2, 0.25) is 0 Å². The highest BCUT2D eigenvalue weighted by atomic mass is 32.1. The lowest BCUT2D eigenvalue weighted by Crippen LogP contribution is -2.24. The van der Waals surface area contributed by atoms with Crippen LogP contribution in [0, 0.1) is 10.2 Å². The van der Waals surface area contributed by atoms with Crippen LogP contribution < -0.4 is 0 Å². The molecule has 1 aromatic rings. The minimum absolute atomic E-state index is 0.0120. The van der Waals surface area contributed by atoms with Gasteiger partial charge in [0.1, 0.15) is 5.82 Å². The quantitative estimate of drug-likeness (QED) is 0.745. The Kier molecular flexibility index (Phi) is 2.13. The summed E-state index contributed by atoms with van der Waals surface area (Å²) in [5, 5.41) is 7.30. The van der Waals surface area contributed by atoms with Crippen LogP contribution in [0.25, 0.3) is 0 Å². The Morgan fingerprint density at radius 3 is 2.40 bits per heavy atom. The highest BCUT2D eigenvalue weighted by molar-refractivity contribution is 7.71. The molecule has 84 valence electrons. The SMILES string of the molecule is CC1(C)CC1c1n[nH]c(=S)n1C(C)(C)C. The van der Waals surface area contributed by atoms with Crippen molar-refractivity contribution in [2.24, 2.45) is 5.41 Å². The molecule has 0 saturated heterocycles. The van der Waals surface area contributed by atoms with Gasteiger partial charge in [-0.05, 0) is 44.8 Å². The molecule has 1 unspecified atom stereocenters. The van der Waals surface area contributed by atoms with Gasteiger partial charge in [0, 0.05) is 11.5 Å². The van der Waals surface area contributed by atoms with Crippen LogP contribution in [0.3, 0.4) is 0 Å². The van der Waals surface area contributed by atoms with E-state index in [2.05, 4.69) is 49.4 Å². The Morgan fingerprint density at radius 2 is 2.00 bits per heavy atom. The van der Waals surface area contributed by atoms with Gasteiger partial charge in [-0.3, -0.25) is 9.67 Å². The average Bonchev–Trinajstić information content (AvgIpc) is 2.52. The highest BCUT2D eigenvalue weighted by Crippen LogP contribution is 2.58. The molecule has 1 N–H and O–H groups in total. The Bertz CT molecular complexity index is 433. The zero-order valence-corrected chi connectivity index (χ0v) is 10.9. The number of rotatable bonds is 1. The van der Waals surface area contributed by atoms with Crippen molar-refractivity contribution in [3.8, 4) is 0 Å². The van der Waals surface area contributed by atoms with Crippen molar-refractivity contribution in [1.29, 1.82) is 0 Å². The molecule has 0 spiro atoms. The van der Waals surface area contributed by atoms with E-state index < -0.39 is 0 Å². The van der Waals surface area contributed by atoms with Crippen LogP contribution in [0.1, 0.15) is 52.8 Å².